The normalized spacial score (nSPS) is 12.9. The number of aliphatic carboxylic acids is 1. The molecule has 0 aliphatic heterocycles. The van der Waals surface area contributed by atoms with Crippen LogP contribution in [0.3, 0.4) is 0 Å². The minimum absolute atomic E-state index is 0.192. The van der Waals surface area contributed by atoms with Gasteiger partial charge in [-0.3, -0.25) is 4.79 Å². The molecule has 0 bridgehead atoms. The summed E-state index contributed by atoms with van der Waals surface area (Å²) in [6.07, 6.45) is 13.4. The highest BCUT2D eigenvalue weighted by Gasteiger charge is 2.35. The zero-order valence-electron chi connectivity index (χ0n) is 20.2. The summed E-state index contributed by atoms with van der Waals surface area (Å²) >= 11 is 1.25. The van der Waals surface area contributed by atoms with E-state index < -0.39 is 11.5 Å². The average Bonchev–Trinajstić information content (AvgIpc) is 2.83. The van der Waals surface area contributed by atoms with E-state index in [0.29, 0.717) is 24.1 Å². The third-order valence-corrected chi connectivity index (χ3v) is 7.29. The number of carbonyl (C=O) groups is 2. The lowest BCUT2D eigenvalue weighted by atomic mass is 9.85. The number of carbonyl (C=O) groups excluding carboxylic acids is 1. The van der Waals surface area contributed by atoms with Crippen molar-refractivity contribution in [2.45, 2.75) is 93.9 Å². The Bertz CT molecular complexity index is 875. The topological polar surface area (TPSA) is 106 Å². The number of nitrogen functional groups attached to an aromatic ring is 1. The smallest absolute Gasteiger partial charge is 0.328 e. The molecule has 0 aliphatic rings. The van der Waals surface area contributed by atoms with Crippen molar-refractivity contribution < 1.29 is 14.7 Å². The fourth-order valence-corrected chi connectivity index (χ4v) is 4.95. The van der Waals surface area contributed by atoms with Gasteiger partial charge in [0.15, 0.2) is 5.12 Å². The maximum Gasteiger partial charge on any atom is 0.328 e. The minimum Gasteiger partial charge on any atom is -0.480 e. The first-order chi connectivity index (χ1) is 16.4. The van der Waals surface area contributed by atoms with Crippen LogP contribution in [0.2, 0.25) is 0 Å². The van der Waals surface area contributed by atoms with Crippen LogP contribution >= 0.6 is 11.8 Å². The summed E-state index contributed by atoms with van der Waals surface area (Å²) in [4.78, 5) is 24.7. The Hall–Kier alpha value is -2.31. The van der Waals surface area contributed by atoms with Crippen molar-refractivity contribution in [3.05, 3.63) is 60.2 Å². The molecule has 1 atom stereocenters. The van der Waals surface area contributed by atoms with Crippen molar-refractivity contribution >= 4 is 28.5 Å². The largest absolute Gasteiger partial charge is 0.480 e. The lowest BCUT2D eigenvalue weighted by Gasteiger charge is -2.25. The summed E-state index contributed by atoms with van der Waals surface area (Å²) in [5.74, 6) is -0.956. The van der Waals surface area contributed by atoms with Crippen LogP contribution < -0.4 is 11.5 Å². The molecule has 34 heavy (non-hydrogen) atoms. The van der Waals surface area contributed by atoms with Crippen LogP contribution in [0.5, 0.6) is 0 Å². The predicted octanol–water partition coefficient (Wildman–Crippen LogP) is 6.90. The van der Waals surface area contributed by atoms with Crippen molar-refractivity contribution in [2.75, 3.05) is 5.73 Å². The standard InChI is InChI=1S/C28H40N2O3S/c29-24-19-14-15-20-25(24)34-26(31)21-13-8-6-4-2-1-3-5-7-9-16-22-28(30,27(32)33)23-17-11-10-12-18-23/h10-12,14-15,17-20H,1-9,13,16,21-22,29-30H2,(H,32,33). The first-order valence-electron chi connectivity index (χ1n) is 12.6. The van der Waals surface area contributed by atoms with Crippen molar-refractivity contribution in [3.8, 4) is 0 Å². The van der Waals surface area contributed by atoms with E-state index in [4.69, 9.17) is 11.5 Å². The molecule has 0 aliphatic carbocycles. The zero-order chi connectivity index (χ0) is 24.7. The highest BCUT2D eigenvalue weighted by molar-refractivity contribution is 8.13. The Morgan fingerprint density at radius 3 is 1.79 bits per heavy atom. The monoisotopic (exact) mass is 484 g/mol. The van der Waals surface area contributed by atoms with Crippen LogP contribution in [0.1, 0.15) is 89.0 Å². The maximum absolute atomic E-state index is 12.1. The number of nitrogens with two attached hydrogens (primary N) is 2. The maximum atomic E-state index is 12.1. The van der Waals surface area contributed by atoms with Crippen LogP contribution in [0, 0.1) is 0 Å². The number of thioether (sulfide) groups is 1. The fraction of sp³-hybridized carbons (Fsp3) is 0.500. The predicted molar refractivity (Wildman–Crippen MR) is 142 cm³/mol. The van der Waals surface area contributed by atoms with E-state index in [1.165, 1.54) is 50.3 Å². The van der Waals surface area contributed by atoms with E-state index in [2.05, 4.69) is 0 Å². The summed E-state index contributed by atoms with van der Waals surface area (Å²) < 4.78 is 0. The molecule has 0 saturated carbocycles. The fourth-order valence-electron chi connectivity index (χ4n) is 4.12. The Kier molecular flexibility index (Phi) is 12.8. The molecule has 0 amide bonds. The number of unbranched alkanes of at least 4 members (excludes halogenated alkanes) is 10. The molecular formula is C28H40N2O3S. The number of rotatable bonds is 17. The van der Waals surface area contributed by atoms with E-state index in [0.717, 1.165) is 37.0 Å². The molecule has 186 valence electrons. The number of carboxylic acid groups (broad SMARTS) is 1. The van der Waals surface area contributed by atoms with Gasteiger partial charge in [0.2, 0.25) is 0 Å². The number of anilines is 1. The third-order valence-electron chi connectivity index (χ3n) is 6.27. The Morgan fingerprint density at radius 2 is 1.24 bits per heavy atom. The summed E-state index contributed by atoms with van der Waals surface area (Å²) in [5, 5.41) is 9.80. The van der Waals surface area contributed by atoms with Gasteiger partial charge >= 0.3 is 5.97 Å². The molecule has 0 fully saturated rings. The molecule has 1 unspecified atom stereocenters. The van der Waals surface area contributed by atoms with Crippen molar-refractivity contribution in [2.24, 2.45) is 5.73 Å². The number of hydrogen-bond acceptors (Lipinski definition) is 5. The van der Waals surface area contributed by atoms with Gasteiger partial charge in [0.05, 0.1) is 0 Å². The highest BCUT2D eigenvalue weighted by atomic mass is 32.2. The lowest BCUT2D eigenvalue weighted by molar-refractivity contribution is -0.144. The van der Waals surface area contributed by atoms with Gasteiger partial charge in [-0.25, -0.2) is 4.79 Å². The van der Waals surface area contributed by atoms with Gasteiger partial charge in [0.1, 0.15) is 5.54 Å². The summed E-state index contributed by atoms with van der Waals surface area (Å²) in [5.41, 5.74) is 12.2. The van der Waals surface area contributed by atoms with Gasteiger partial charge in [-0.2, -0.15) is 0 Å². The molecule has 0 heterocycles. The van der Waals surface area contributed by atoms with Crippen LogP contribution in [-0.4, -0.2) is 16.2 Å². The zero-order valence-corrected chi connectivity index (χ0v) is 21.0. The number of hydrogen-bond donors (Lipinski definition) is 3. The molecule has 0 radical (unpaired) electrons. The molecular weight excluding hydrogens is 444 g/mol. The molecule has 2 aromatic rings. The molecule has 6 heteroatoms. The number of para-hydroxylation sites is 1. The van der Waals surface area contributed by atoms with Gasteiger partial charge < -0.3 is 16.6 Å². The SMILES string of the molecule is Nc1ccccc1SC(=O)CCCCCCCCCCCCCC(N)(C(=O)O)c1ccccc1. The van der Waals surface area contributed by atoms with Crippen LogP contribution in [-0.2, 0) is 15.1 Å². The highest BCUT2D eigenvalue weighted by Crippen LogP contribution is 2.27. The van der Waals surface area contributed by atoms with E-state index in [1.54, 1.807) is 12.1 Å². The Labute approximate surface area is 208 Å². The van der Waals surface area contributed by atoms with Gasteiger partial charge in [0.25, 0.3) is 0 Å². The molecule has 0 spiro atoms. The van der Waals surface area contributed by atoms with Crippen LogP contribution in [0.15, 0.2) is 59.5 Å². The summed E-state index contributed by atoms with van der Waals surface area (Å²) in [6, 6.07) is 16.6. The van der Waals surface area contributed by atoms with Gasteiger partial charge in [0, 0.05) is 17.0 Å². The van der Waals surface area contributed by atoms with Crippen LogP contribution in [0.4, 0.5) is 5.69 Å². The average molecular weight is 485 g/mol. The quantitative estimate of drug-likeness (QED) is 0.128. The number of carboxylic acids is 1. The summed E-state index contributed by atoms with van der Waals surface area (Å²) in [6.45, 7) is 0. The molecule has 0 aromatic heterocycles. The second kappa shape index (κ2) is 15.6. The Balaban J connectivity index is 1.43. The number of benzene rings is 2. The molecule has 5 nitrogen and oxygen atoms in total. The molecule has 5 N–H and O–H groups in total. The molecule has 2 rings (SSSR count). The minimum atomic E-state index is -1.29. The lowest BCUT2D eigenvalue weighted by Crippen LogP contribution is -2.44. The summed E-state index contributed by atoms with van der Waals surface area (Å²) in [7, 11) is 0. The van der Waals surface area contributed by atoms with Crippen LogP contribution in [0.25, 0.3) is 0 Å². The van der Waals surface area contributed by atoms with Gasteiger partial charge in [-0.15, -0.1) is 0 Å². The van der Waals surface area contributed by atoms with E-state index >= 15 is 0 Å². The second-order valence-electron chi connectivity index (χ2n) is 9.04. The van der Waals surface area contributed by atoms with E-state index in [1.807, 2.05) is 42.5 Å². The first-order valence-corrected chi connectivity index (χ1v) is 13.4. The molecule has 2 aromatic carbocycles. The van der Waals surface area contributed by atoms with Gasteiger partial charge in [-0.1, -0.05) is 107 Å². The van der Waals surface area contributed by atoms with Crippen molar-refractivity contribution in [3.63, 3.8) is 0 Å². The van der Waals surface area contributed by atoms with Crippen molar-refractivity contribution in [1.82, 2.24) is 0 Å². The molecule has 0 saturated heterocycles. The second-order valence-corrected chi connectivity index (χ2v) is 10.1. The van der Waals surface area contributed by atoms with E-state index in [-0.39, 0.29) is 5.12 Å². The van der Waals surface area contributed by atoms with Gasteiger partial charge in [-0.05, 0) is 42.3 Å². The Morgan fingerprint density at radius 1 is 0.735 bits per heavy atom. The van der Waals surface area contributed by atoms with E-state index in [9.17, 15) is 14.7 Å². The first kappa shape index (κ1) is 27.9. The van der Waals surface area contributed by atoms with Crippen molar-refractivity contribution in [1.29, 1.82) is 0 Å². The third kappa shape index (κ3) is 9.90.